The van der Waals surface area contributed by atoms with E-state index in [4.69, 9.17) is 14.5 Å². The molecule has 0 aromatic carbocycles. The summed E-state index contributed by atoms with van der Waals surface area (Å²) in [7, 11) is 1.56. The molecule has 2 aliphatic heterocycles. The zero-order valence-electron chi connectivity index (χ0n) is 13.7. The van der Waals surface area contributed by atoms with Gasteiger partial charge in [-0.3, -0.25) is 14.7 Å². The predicted octanol–water partition coefficient (Wildman–Crippen LogP) is 1.22. The van der Waals surface area contributed by atoms with E-state index in [1.54, 1.807) is 7.11 Å². The lowest BCUT2D eigenvalue weighted by molar-refractivity contribution is -0.136. The van der Waals surface area contributed by atoms with E-state index in [1.807, 2.05) is 11.0 Å². The van der Waals surface area contributed by atoms with Crippen molar-refractivity contribution in [2.75, 3.05) is 46.6 Å². The molecule has 0 bridgehead atoms. The highest BCUT2D eigenvalue weighted by Crippen LogP contribution is 2.31. The Morgan fingerprint density at radius 1 is 1.35 bits per heavy atom. The average molecular weight is 319 g/mol. The molecule has 0 radical (unpaired) electrons. The molecule has 3 rings (SSSR count). The van der Waals surface area contributed by atoms with Crippen molar-refractivity contribution in [3.05, 3.63) is 29.6 Å². The van der Waals surface area contributed by atoms with Gasteiger partial charge < -0.3 is 14.4 Å². The molecule has 2 saturated heterocycles. The van der Waals surface area contributed by atoms with Gasteiger partial charge in [0.2, 0.25) is 5.91 Å². The molecule has 1 aromatic heterocycles. The van der Waals surface area contributed by atoms with Crippen molar-refractivity contribution in [2.24, 2.45) is 0 Å². The third-order valence-electron chi connectivity index (χ3n) is 4.50. The Labute approximate surface area is 137 Å². The van der Waals surface area contributed by atoms with Crippen molar-refractivity contribution >= 4 is 5.91 Å². The van der Waals surface area contributed by atoms with Gasteiger partial charge in [0, 0.05) is 33.3 Å². The Hall–Kier alpha value is -1.50. The van der Waals surface area contributed by atoms with Crippen LogP contribution >= 0.6 is 0 Å². The van der Waals surface area contributed by atoms with E-state index in [0.717, 1.165) is 63.6 Å². The quantitative estimate of drug-likeness (QED) is 0.817. The summed E-state index contributed by atoms with van der Waals surface area (Å²) in [5, 5.41) is 0. The van der Waals surface area contributed by atoms with Crippen LogP contribution in [0.25, 0.3) is 0 Å². The molecule has 1 amide bonds. The zero-order valence-corrected chi connectivity index (χ0v) is 13.7. The molecule has 2 aliphatic rings. The highest BCUT2D eigenvalue weighted by Gasteiger charge is 2.30. The number of aromatic nitrogens is 1. The molecule has 23 heavy (non-hydrogen) atoms. The molecule has 0 saturated carbocycles. The van der Waals surface area contributed by atoms with Crippen LogP contribution in [-0.4, -0.2) is 67.3 Å². The molecule has 1 aromatic rings. The number of methoxy groups -OCH3 is 1. The molecule has 6 nitrogen and oxygen atoms in total. The summed E-state index contributed by atoms with van der Waals surface area (Å²) in [6.07, 6.45) is 2.00. The van der Waals surface area contributed by atoms with Gasteiger partial charge in [-0.2, -0.15) is 0 Å². The van der Waals surface area contributed by atoms with Crippen LogP contribution in [0.4, 0.5) is 0 Å². The number of rotatable bonds is 5. The van der Waals surface area contributed by atoms with E-state index >= 15 is 0 Å². The van der Waals surface area contributed by atoms with Crippen LogP contribution in [0.15, 0.2) is 18.2 Å². The van der Waals surface area contributed by atoms with E-state index in [9.17, 15) is 4.79 Å². The Morgan fingerprint density at radius 3 is 2.96 bits per heavy atom. The van der Waals surface area contributed by atoms with Crippen LogP contribution in [0.2, 0.25) is 0 Å². The molecule has 3 heterocycles. The third kappa shape index (κ3) is 4.07. The van der Waals surface area contributed by atoms with Crippen molar-refractivity contribution in [2.45, 2.75) is 25.4 Å². The summed E-state index contributed by atoms with van der Waals surface area (Å²) in [6.45, 7) is 5.27. The lowest BCUT2D eigenvalue weighted by Crippen LogP contribution is -2.36. The first-order valence-corrected chi connectivity index (χ1v) is 8.32. The van der Waals surface area contributed by atoms with Gasteiger partial charge in [-0.25, -0.2) is 0 Å². The number of carbonyl (C=O) groups is 1. The minimum absolute atomic E-state index is 0.0513. The monoisotopic (exact) mass is 319 g/mol. The Morgan fingerprint density at radius 2 is 2.17 bits per heavy atom. The fourth-order valence-corrected chi connectivity index (χ4v) is 3.34. The van der Waals surface area contributed by atoms with E-state index in [-0.39, 0.29) is 18.6 Å². The van der Waals surface area contributed by atoms with Crippen LogP contribution in [0, 0.1) is 0 Å². The van der Waals surface area contributed by atoms with Crippen molar-refractivity contribution in [3.63, 3.8) is 0 Å². The maximum atomic E-state index is 12.2. The number of ether oxygens (including phenoxy) is 2. The number of morpholine rings is 1. The first-order valence-electron chi connectivity index (χ1n) is 8.32. The summed E-state index contributed by atoms with van der Waals surface area (Å²) in [6, 6.07) is 6.23. The smallest absolute Gasteiger partial charge is 0.249 e. The number of pyridine rings is 1. The van der Waals surface area contributed by atoms with Crippen molar-refractivity contribution in [1.29, 1.82) is 0 Å². The SMILES string of the molecule is COCC(=O)N1CCC[C@@H]1c1cccc(CN2CCOCC2)n1. The second-order valence-corrected chi connectivity index (χ2v) is 6.12. The first kappa shape index (κ1) is 16.4. The fraction of sp³-hybridized carbons (Fsp3) is 0.647. The maximum Gasteiger partial charge on any atom is 0.249 e. The van der Waals surface area contributed by atoms with Gasteiger partial charge in [-0.05, 0) is 25.0 Å². The molecule has 0 N–H and O–H groups in total. The van der Waals surface area contributed by atoms with Gasteiger partial charge in [0.05, 0.1) is 30.6 Å². The first-order chi connectivity index (χ1) is 11.3. The Kier molecular flexibility index (Phi) is 5.59. The molecular weight excluding hydrogens is 294 g/mol. The topological polar surface area (TPSA) is 54.9 Å². The molecule has 0 unspecified atom stereocenters. The van der Waals surface area contributed by atoms with Crippen LogP contribution < -0.4 is 0 Å². The standard InChI is InChI=1S/C17H25N3O3/c1-22-13-17(21)20-7-3-6-16(20)15-5-2-4-14(18-15)12-19-8-10-23-11-9-19/h2,4-5,16H,3,6-13H2,1H3/t16-/m1/s1. The number of hydrogen-bond acceptors (Lipinski definition) is 5. The van der Waals surface area contributed by atoms with Crippen LogP contribution in [0.5, 0.6) is 0 Å². The Bertz CT molecular complexity index is 532. The van der Waals surface area contributed by atoms with E-state index in [1.165, 1.54) is 0 Å². The summed E-state index contributed by atoms with van der Waals surface area (Å²) in [5.74, 6) is 0.0513. The molecule has 1 atom stereocenters. The molecule has 0 aliphatic carbocycles. The van der Waals surface area contributed by atoms with Crippen LogP contribution in [0.3, 0.4) is 0 Å². The molecule has 126 valence electrons. The second-order valence-electron chi connectivity index (χ2n) is 6.12. The van der Waals surface area contributed by atoms with Gasteiger partial charge >= 0.3 is 0 Å². The van der Waals surface area contributed by atoms with Gasteiger partial charge in [0.25, 0.3) is 0 Å². The zero-order chi connectivity index (χ0) is 16.1. The largest absolute Gasteiger partial charge is 0.379 e. The van der Waals surface area contributed by atoms with Crippen molar-refractivity contribution in [1.82, 2.24) is 14.8 Å². The minimum atomic E-state index is 0.0513. The van der Waals surface area contributed by atoms with Crippen molar-refractivity contribution in [3.8, 4) is 0 Å². The average Bonchev–Trinajstić information content (AvgIpc) is 3.06. The lowest BCUT2D eigenvalue weighted by atomic mass is 10.1. The lowest BCUT2D eigenvalue weighted by Gasteiger charge is -2.27. The number of likely N-dealkylation sites (tertiary alicyclic amines) is 1. The number of hydrogen-bond donors (Lipinski definition) is 0. The normalized spacial score (nSPS) is 22.5. The van der Waals surface area contributed by atoms with Crippen molar-refractivity contribution < 1.29 is 14.3 Å². The van der Waals surface area contributed by atoms with Gasteiger partial charge in [-0.1, -0.05) is 6.07 Å². The molecular formula is C17H25N3O3. The molecule has 2 fully saturated rings. The van der Waals surface area contributed by atoms with E-state index < -0.39 is 0 Å². The van der Waals surface area contributed by atoms with Gasteiger partial charge in [0.15, 0.2) is 0 Å². The predicted molar refractivity (Wildman–Crippen MR) is 85.9 cm³/mol. The molecule has 6 heteroatoms. The Balaban J connectivity index is 1.69. The highest BCUT2D eigenvalue weighted by molar-refractivity contribution is 5.78. The van der Waals surface area contributed by atoms with E-state index in [2.05, 4.69) is 17.0 Å². The maximum absolute atomic E-state index is 12.2. The molecule has 0 spiro atoms. The van der Waals surface area contributed by atoms with Crippen LogP contribution in [0.1, 0.15) is 30.3 Å². The van der Waals surface area contributed by atoms with E-state index in [0.29, 0.717) is 0 Å². The summed E-state index contributed by atoms with van der Waals surface area (Å²) in [4.78, 5) is 21.3. The summed E-state index contributed by atoms with van der Waals surface area (Å²) >= 11 is 0. The highest BCUT2D eigenvalue weighted by atomic mass is 16.5. The minimum Gasteiger partial charge on any atom is -0.379 e. The van der Waals surface area contributed by atoms with Gasteiger partial charge in [0.1, 0.15) is 6.61 Å². The second kappa shape index (κ2) is 7.86. The summed E-state index contributed by atoms with van der Waals surface area (Å²) < 4.78 is 10.4. The number of nitrogens with zero attached hydrogens (tertiary/aromatic N) is 3. The van der Waals surface area contributed by atoms with Gasteiger partial charge in [-0.15, -0.1) is 0 Å². The summed E-state index contributed by atoms with van der Waals surface area (Å²) in [5.41, 5.74) is 2.06. The third-order valence-corrected chi connectivity index (χ3v) is 4.50. The van der Waals surface area contributed by atoms with Crippen LogP contribution in [-0.2, 0) is 20.8 Å². The fourth-order valence-electron chi connectivity index (χ4n) is 3.34. The number of carbonyl (C=O) groups excluding carboxylic acids is 1. The number of amides is 1.